The fourth-order valence-corrected chi connectivity index (χ4v) is 4.52. The number of nitrogens with zero attached hydrogens (tertiary/aromatic N) is 3. The predicted molar refractivity (Wildman–Crippen MR) is 148 cm³/mol. The lowest BCUT2D eigenvalue weighted by Crippen LogP contribution is -2.20. The average molecular weight is 552 g/mol. The molecule has 1 fully saturated rings. The van der Waals surface area contributed by atoms with Gasteiger partial charge in [-0.3, -0.25) is 9.59 Å². The number of nitrogens with one attached hydrogen (secondary N) is 1. The fourth-order valence-electron chi connectivity index (χ4n) is 4.52. The van der Waals surface area contributed by atoms with Gasteiger partial charge in [-0.2, -0.15) is 18.3 Å². The quantitative estimate of drug-likeness (QED) is 0.163. The van der Waals surface area contributed by atoms with Crippen LogP contribution in [-0.2, 0) is 17.5 Å². The number of nitrogens with two attached hydrogens (primary N) is 1. The average Bonchev–Trinajstić information content (AvgIpc) is 3.64. The monoisotopic (exact) mass is 551 g/mol. The number of carbonyl (C=O) groups is 2. The van der Waals surface area contributed by atoms with Gasteiger partial charge in [-0.1, -0.05) is 43.2 Å². The molecular formula is C30H32F3N5O2. The number of rotatable bonds is 12. The first-order valence-electron chi connectivity index (χ1n) is 13.1. The Morgan fingerprint density at radius 2 is 1.93 bits per heavy atom. The lowest BCUT2D eigenvalue weighted by Gasteiger charge is -2.28. The van der Waals surface area contributed by atoms with Crippen LogP contribution in [-0.4, -0.2) is 33.9 Å². The van der Waals surface area contributed by atoms with Crippen LogP contribution in [0.2, 0.25) is 0 Å². The van der Waals surface area contributed by atoms with Crippen LogP contribution in [0.4, 0.5) is 18.9 Å². The van der Waals surface area contributed by atoms with Crippen molar-refractivity contribution in [2.45, 2.75) is 44.4 Å². The Morgan fingerprint density at radius 3 is 2.62 bits per heavy atom. The Balaban J connectivity index is 1.61. The van der Waals surface area contributed by atoms with Crippen LogP contribution < -0.4 is 11.1 Å². The zero-order valence-electron chi connectivity index (χ0n) is 22.1. The first kappa shape index (κ1) is 28.8. The zero-order valence-corrected chi connectivity index (χ0v) is 22.1. The molecule has 3 aromatic rings. The maximum Gasteiger partial charge on any atom is 0.435 e. The third-order valence-corrected chi connectivity index (χ3v) is 6.81. The van der Waals surface area contributed by atoms with Crippen LogP contribution in [0.5, 0.6) is 0 Å². The van der Waals surface area contributed by atoms with E-state index in [1.54, 1.807) is 42.5 Å². The number of aromatic nitrogens is 2. The van der Waals surface area contributed by atoms with E-state index >= 15 is 0 Å². The third kappa shape index (κ3) is 7.47. The maximum absolute atomic E-state index is 13.6. The second kappa shape index (κ2) is 12.8. The summed E-state index contributed by atoms with van der Waals surface area (Å²) in [5.41, 5.74) is 6.68. The Hall–Kier alpha value is -4.18. The van der Waals surface area contributed by atoms with Gasteiger partial charge in [0.2, 0.25) is 0 Å². The molecule has 1 atom stereocenters. The lowest BCUT2D eigenvalue weighted by molar-refractivity contribution is -0.141. The van der Waals surface area contributed by atoms with Gasteiger partial charge < -0.3 is 16.0 Å². The number of aldehydes is 1. The van der Waals surface area contributed by atoms with Crippen molar-refractivity contribution in [1.29, 1.82) is 0 Å². The lowest BCUT2D eigenvalue weighted by atomic mass is 9.98. The smallest absolute Gasteiger partial charge is 0.373 e. The highest BCUT2D eigenvalue weighted by Gasteiger charge is 2.36. The Morgan fingerprint density at radius 1 is 1.15 bits per heavy atom. The Kier molecular flexibility index (Phi) is 9.21. The molecule has 1 saturated carbocycles. The number of allylic oxidation sites excluding steroid dienone is 3. The number of carbonyl (C=O) groups excluding carboxylic acids is 2. The molecule has 0 spiro atoms. The molecule has 1 aliphatic rings. The number of halogens is 3. The topological polar surface area (TPSA) is 93.2 Å². The predicted octanol–water partition coefficient (Wildman–Crippen LogP) is 6.03. The highest BCUT2D eigenvalue weighted by molar-refractivity contribution is 6.03. The molecule has 3 N–H and O–H groups in total. The molecule has 0 bridgehead atoms. The van der Waals surface area contributed by atoms with Crippen LogP contribution >= 0.6 is 0 Å². The molecule has 210 valence electrons. The molecule has 1 aliphatic carbocycles. The maximum atomic E-state index is 13.6. The van der Waals surface area contributed by atoms with E-state index < -0.39 is 17.8 Å². The van der Waals surface area contributed by atoms with E-state index in [1.807, 2.05) is 36.3 Å². The van der Waals surface area contributed by atoms with Crippen LogP contribution in [0.3, 0.4) is 0 Å². The summed E-state index contributed by atoms with van der Waals surface area (Å²) in [5, 5.41) is 6.45. The van der Waals surface area contributed by atoms with Gasteiger partial charge in [-0.25, -0.2) is 4.68 Å². The summed E-state index contributed by atoms with van der Waals surface area (Å²) in [4.78, 5) is 25.9. The second-order valence-corrected chi connectivity index (χ2v) is 9.84. The minimum atomic E-state index is -4.72. The van der Waals surface area contributed by atoms with Crippen LogP contribution in [0.1, 0.15) is 59.0 Å². The van der Waals surface area contributed by atoms with Crippen molar-refractivity contribution < 1.29 is 22.8 Å². The van der Waals surface area contributed by atoms with Gasteiger partial charge in [0, 0.05) is 25.3 Å². The van der Waals surface area contributed by atoms with Gasteiger partial charge in [0.25, 0.3) is 5.91 Å². The van der Waals surface area contributed by atoms with Gasteiger partial charge in [0.15, 0.2) is 5.69 Å². The molecule has 1 unspecified atom stereocenters. The van der Waals surface area contributed by atoms with Gasteiger partial charge in [-0.15, -0.1) is 0 Å². The van der Waals surface area contributed by atoms with Crippen molar-refractivity contribution in [2.75, 3.05) is 12.4 Å². The Labute approximate surface area is 231 Å². The molecule has 0 aliphatic heterocycles. The summed E-state index contributed by atoms with van der Waals surface area (Å²) in [6.45, 7) is 0.189. The van der Waals surface area contributed by atoms with E-state index in [9.17, 15) is 22.8 Å². The van der Waals surface area contributed by atoms with Crippen molar-refractivity contribution >= 4 is 17.9 Å². The van der Waals surface area contributed by atoms with E-state index in [0.29, 0.717) is 23.2 Å². The van der Waals surface area contributed by atoms with Crippen LogP contribution in [0.25, 0.3) is 5.69 Å². The van der Waals surface area contributed by atoms with Crippen LogP contribution in [0.15, 0.2) is 79.0 Å². The second-order valence-electron chi connectivity index (χ2n) is 9.84. The van der Waals surface area contributed by atoms with E-state index in [4.69, 9.17) is 5.73 Å². The van der Waals surface area contributed by atoms with Crippen molar-refractivity contribution in [2.24, 2.45) is 11.7 Å². The van der Waals surface area contributed by atoms with Crippen molar-refractivity contribution in [3.8, 4) is 5.69 Å². The molecular weight excluding hydrogens is 519 g/mol. The van der Waals surface area contributed by atoms with Crippen molar-refractivity contribution in [1.82, 2.24) is 14.7 Å². The molecule has 1 aromatic heterocycles. The fraction of sp³-hybridized carbons (Fsp3) is 0.300. The van der Waals surface area contributed by atoms with Crippen molar-refractivity contribution in [3.63, 3.8) is 0 Å². The van der Waals surface area contributed by atoms with Gasteiger partial charge in [0.05, 0.1) is 11.7 Å². The summed E-state index contributed by atoms with van der Waals surface area (Å²) in [6, 6.07) is 14.6. The number of hydrogen-bond donors (Lipinski definition) is 2. The van der Waals surface area contributed by atoms with E-state index in [2.05, 4.69) is 10.4 Å². The SMILES string of the molecule is CN(/C=C\C=C/C=O)C(CCC1CC1)c1cccc(NC(=O)c2cc(C(F)(F)F)nn2-c2cccc(CN)c2)c1. The molecule has 0 saturated heterocycles. The largest absolute Gasteiger partial charge is 0.435 e. The molecule has 1 amide bonds. The van der Waals surface area contributed by atoms with Gasteiger partial charge in [0.1, 0.15) is 12.0 Å². The number of amides is 1. The number of hydrogen-bond acceptors (Lipinski definition) is 5. The first-order valence-corrected chi connectivity index (χ1v) is 13.1. The molecule has 1 heterocycles. The molecule has 40 heavy (non-hydrogen) atoms. The molecule has 4 rings (SSSR count). The van der Waals surface area contributed by atoms with Crippen molar-refractivity contribution in [3.05, 3.63) is 102 Å². The Bertz CT molecular complexity index is 1390. The summed E-state index contributed by atoms with van der Waals surface area (Å²) in [7, 11) is 1.95. The molecule has 2 aromatic carbocycles. The van der Waals surface area contributed by atoms with E-state index in [0.717, 1.165) is 35.1 Å². The molecule has 0 radical (unpaired) electrons. The van der Waals surface area contributed by atoms with Gasteiger partial charge >= 0.3 is 6.18 Å². The van der Waals surface area contributed by atoms with E-state index in [-0.39, 0.29) is 18.3 Å². The highest BCUT2D eigenvalue weighted by Crippen LogP contribution is 2.38. The highest BCUT2D eigenvalue weighted by atomic mass is 19.4. The first-order chi connectivity index (χ1) is 19.2. The van der Waals surface area contributed by atoms with E-state index in [1.165, 1.54) is 18.9 Å². The molecule has 7 nitrogen and oxygen atoms in total. The normalized spacial score (nSPS) is 14.5. The third-order valence-electron chi connectivity index (χ3n) is 6.81. The number of benzene rings is 2. The molecule has 10 heteroatoms. The summed E-state index contributed by atoms with van der Waals surface area (Å²) in [5.74, 6) is -0.00121. The van der Waals surface area contributed by atoms with Crippen LogP contribution in [0, 0.1) is 5.92 Å². The summed E-state index contributed by atoms with van der Waals surface area (Å²) < 4.78 is 41.7. The zero-order chi connectivity index (χ0) is 28.7. The van der Waals surface area contributed by atoms with Gasteiger partial charge in [-0.05, 0) is 72.5 Å². The standard InChI is InChI=1S/C30H32F3N5O2/c1-37(15-3-2-4-16-39)26(14-13-21-11-12-21)23-8-6-9-24(18-23)35-29(40)27-19-28(30(31,32)33)36-38(27)25-10-5-7-22(17-25)20-34/h2-10,15-19,21,26H,11-14,20,34H2,1H3,(H,35,40)/b4-2-,15-3-. The summed E-state index contributed by atoms with van der Waals surface area (Å²) in [6.07, 6.45) is 7.11. The number of alkyl halides is 3. The summed E-state index contributed by atoms with van der Waals surface area (Å²) >= 11 is 0. The number of anilines is 1. The minimum Gasteiger partial charge on any atom is -0.373 e. The minimum absolute atomic E-state index is 0.000282.